The first-order valence-electron chi connectivity index (χ1n) is 11.5. The van der Waals surface area contributed by atoms with E-state index in [2.05, 4.69) is 29.2 Å². The molecule has 180 valence electrons. The van der Waals surface area contributed by atoms with E-state index >= 15 is 0 Å². The van der Waals surface area contributed by atoms with Crippen LogP contribution in [0.4, 0.5) is 0 Å². The molecule has 1 heterocycles. The van der Waals surface area contributed by atoms with Crippen molar-refractivity contribution in [1.82, 2.24) is 20.0 Å². The minimum atomic E-state index is -0.335. The number of amides is 1. The van der Waals surface area contributed by atoms with Crippen LogP contribution in [0.5, 0.6) is 11.5 Å². The largest absolute Gasteiger partial charge is 0.497 e. The highest BCUT2D eigenvalue weighted by molar-refractivity contribution is 5.92. The summed E-state index contributed by atoms with van der Waals surface area (Å²) in [4.78, 5) is 27.4. The number of nitrogens with one attached hydrogen (secondary N) is 1. The van der Waals surface area contributed by atoms with Gasteiger partial charge < -0.3 is 14.8 Å². The van der Waals surface area contributed by atoms with Gasteiger partial charge in [-0.25, -0.2) is 4.68 Å². The van der Waals surface area contributed by atoms with Crippen LogP contribution in [0.15, 0.2) is 71.5 Å². The molecule has 8 nitrogen and oxygen atoms in total. The summed E-state index contributed by atoms with van der Waals surface area (Å²) < 4.78 is 12.3. The molecule has 0 saturated heterocycles. The third-order valence-corrected chi connectivity index (χ3v) is 5.60. The molecule has 1 unspecified atom stereocenters. The molecule has 3 rings (SSSR count). The molecule has 34 heavy (non-hydrogen) atoms. The molecule has 0 saturated carbocycles. The number of likely N-dealkylation sites (N-methyl/N-ethyl adjacent to an activating group) is 1. The maximum atomic E-state index is 12.9. The third kappa shape index (κ3) is 6.68. The van der Waals surface area contributed by atoms with Gasteiger partial charge in [0.05, 0.1) is 19.7 Å². The minimum Gasteiger partial charge on any atom is -0.497 e. The van der Waals surface area contributed by atoms with Gasteiger partial charge in [0.1, 0.15) is 23.8 Å². The van der Waals surface area contributed by atoms with E-state index < -0.39 is 0 Å². The van der Waals surface area contributed by atoms with Crippen LogP contribution in [0, 0.1) is 0 Å². The maximum Gasteiger partial charge on any atom is 0.271 e. The van der Waals surface area contributed by atoms with E-state index in [1.165, 1.54) is 16.8 Å². The number of nitrogens with zero attached hydrogens (tertiary/aromatic N) is 3. The average molecular weight is 465 g/mol. The lowest BCUT2D eigenvalue weighted by molar-refractivity contribution is 0.0927. The smallest absolute Gasteiger partial charge is 0.271 e. The van der Waals surface area contributed by atoms with Crippen molar-refractivity contribution in [3.63, 3.8) is 0 Å². The number of para-hydroxylation sites is 1. The zero-order valence-corrected chi connectivity index (χ0v) is 19.9. The molecular weight excluding hydrogens is 432 g/mol. The topological polar surface area (TPSA) is 85.7 Å². The number of rotatable bonds is 12. The fraction of sp³-hybridized carbons (Fsp3) is 0.346. The van der Waals surface area contributed by atoms with Gasteiger partial charge in [0.2, 0.25) is 0 Å². The van der Waals surface area contributed by atoms with E-state index in [0.29, 0.717) is 12.3 Å². The highest BCUT2D eigenvalue weighted by Gasteiger charge is 2.20. The molecule has 1 N–H and O–H groups in total. The first-order valence-corrected chi connectivity index (χ1v) is 11.5. The summed E-state index contributed by atoms with van der Waals surface area (Å²) in [5.41, 5.74) is 0.952. The Balaban J connectivity index is 1.68. The Bertz CT molecular complexity index is 1110. The number of benzene rings is 2. The van der Waals surface area contributed by atoms with Crippen LogP contribution in [0.1, 0.15) is 35.9 Å². The maximum absolute atomic E-state index is 12.9. The molecule has 0 bridgehead atoms. The molecule has 8 heteroatoms. The predicted molar refractivity (Wildman–Crippen MR) is 131 cm³/mol. The number of ether oxygens (including phenoxy) is 2. The molecule has 1 aromatic heterocycles. The Morgan fingerprint density at radius 2 is 1.76 bits per heavy atom. The van der Waals surface area contributed by atoms with Crippen molar-refractivity contribution in [2.24, 2.45) is 0 Å². The number of methoxy groups -OCH3 is 1. The number of carbonyl (C=O) groups is 1. The lowest BCUT2D eigenvalue weighted by Crippen LogP contribution is -2.39. The molecule has 0 aliphatic carbocycles. The van der Waals surface area contributed by atoms with Gasteiger partial charge in [0.15, 0.2) is 0 Å². The van der Waals surface area contributed by atoms with Crippen LogP contribution < -0.4 is 20.3 Å². The summed E-state index contributed by atoms with van der Waals surface area (Å²) >= 11 is 0. The van der Waals surface area contributed by atoms with Crippen LogP contribution in [-0.4, -0.2) is 53.9 Å². The van der Waals surface area contributed by atoms with Gasteiger partial charge >= 0.3 is 0 Å². The van der Waals surface area contributed by atoms with Crippen molar-refractivity contribution in [2.75, 3.05) is 33.4 Å². The second-order valence-electron chi connectivity index (χ2n) is 7.67. The zero-order chi connectivity index (χ0) is 24.3. The van der Waals surface area contributed by atoms with Gasteiger partial charge in [-0.15, -0.1) is 0 Å². The molecule has 0 spiro atoms. The van der Waals surface area contributed by atoms with Gasteiger partial charge in [-0.2, -0.15) is 5.10 Å². The van der Waals surface area contributed by atoms with E-state index in [9.17, 15) is 9.59 Å². The van der Waals surface area contributed by atoms with E-state index in [4.69, 9.17) is 9.47 Å². The van der Waals surface area contributed by atoms with Crippen LogP contribution in [0.3, 0.4) is 0 Å². The molecule has 0 aliphatic rings. The first-order chi connectivity index (χ1) is 16.5. The van der Waals surface area contributed by atoms with Gasteiger partial charge in [-0.1, -0.05) is 44.2 Å². The van der Waals surface area contributed by atoms with Gasteiger partial charge in [0.25, 0.3) is 11.5 Å². The highest BCUT2D eigenvalue weighted by atomic mass is 16.5. The second kappa shape index (κ2) is 12.6. The minimum absolute atomic E-state index is 0.0285. The number of aromatic nitrogens is 2. The SMILES string of the molecule is CCN(CC)C(CNC(=O)c1ccc(=O)n(CCOc2ccccc2)n1)c1cccc(OC)c1. The Hall–Kier alpha value is -3.65. The van der Waals surface area contributed by atoms with Crippen molar-refractivity contribution in [1.29, 1.82) is 0 Å². The predicted octanol–water partition coefficient (Wildman–Crippen LogP) is 3.14. The van der Waals surface area contributed by atoms with Crippen LogP contribution in [0.25, 0.3) is 0 Å². The fourth-order valence-corrected chi connectivity index (χ4v) is 3.75. The van der Waals surface area contributed by atoms with Crippen LogP contribution in [-0.2, 0) is 6.54 Å². The monoisotopic (exact) mass is 464 g/mol. The quantitative estimate of drug-likeness (QED) is 0.443. The summed E-state index contributed by atoms with van der Waals surface area (Å²) in [6.45, 7) is 6.74. The molecule has 1 atom stereocenters. The van der Waals surface area contributed by atoms with Crippen molar-refractivity contribution in [3.8, 4) is 11.5 Å². The highest BCUT2D eigenvalue weighted by Crippen LogP contribution is 2.24. The van der Waals surface area contributed by atoms with Crippen LogP contribution in [0.2, 0.25) is 0 Å². The fourth-order valence-electron chi connectivity index (χ4n) is 3.75. The Kier molecular flexibility index (Phi) is 9.22. The van der Waals surface area contributed by atoms with E-state index in [0.717, 1.165) is 24.4 Å². The average Bonchev–Trinajstić information content (AvgIpc) is 2.88. The summed E-state index contributed by atoms with van der Waals surface area (Å²) in [6.07, 6.45) is 0. The summed E-state index contributed by atoms with van der Waals surface area (Å²) in [5, 5.41) is 7.23. The molecular formula is C26H32N4O4. The zero-order valence-electron chi connectivity index (χ0n) is 19.9. The van der Waals surface area contributed by atoms with E-state index in [1.54, 1.807) is 7.11 Å². The van der Waals surface area contributed by atoms with Crippen molar-refractivity contribution >= 4 is 5.91 Å². The first kappa shape index (κ1) is 25.0. The lowest BCUT2D eigenvalue weighted by atomic mass is 10.0. The Morgan fingerprint density at radius 3 is 2.47 bits per heavy atom. The van der Waals surface area contributed by atoms with E-state index in [1.807, 2.05) is 54.6 Å². The summed E-state index contributed by atoms with van der Waals surface area (Å²) in [7, 11) is 1.64. The van der Waals surface area contributed by atoms with Gasteiger partial charge in [0, 0.05) is 12.6 Å². The van der Waals surface area contributed by atoms with Crippen molar-refractivity contribution in [3.05, 3.63) is 88.3 Å². The standard InChI is InChI=1S/C26H32N4O4/c1-4-29(5-2)24(20-10-9-13-22(18-20)33-3)19-27-26(32)23-14-15-25(31)30(28-23)16-17-34-21-11-7-6-8-12-21/h6-15,18,24H,4-5,16-17,19H2,1-3H3,(H,27,32). The second-order valence-corrected chi connectivity index (χ2v) is 7.67. The Morgan fingerprint density at radius 1 is 1.03 bits per heavy atom. The molecule has 1 amide bonds. The van der Waals surface area contributed by atoms with Crippen LogP contribution >= 0.6 is 0 Å². The number of hydrogen-bond acceptors (Lipinski definition) is 6. The molecule has 0 radical (unpaired) electrons. The number of carbonyl (C=O) groups excluding carboxylic acids is 1. The number of hydrogen-bond donors (Lipinski definition) is 1. The summed E-state index contributed by atoms with van der Waals surface area (Å²) in [6, 6.07) is 20.0. The normalized spacial score (nSPS) is 11.8. The lowest BCUT2D eigenvalue weighted by Gasteiger charge is -2.30. The molecule has 0 fully saturated rings. The Labute approximate surface area is 200 Å². The summed E-state index contributed by atoms with van der Waals surface area (Å²) in [5.74, 6) is 1.15. The molecule has 0 aliphatic heterocycles. The molecule has 3 aromatic rings. The molecule has 2 aromatic carbocycles. The van der Waals surface area contributed by atoms with Gasteiger partial charge in [-0.3, -0.25) is 14.5 Å². The third-order valence-electron chi connectivity index (χ3n) is 5.60. The van der Waals surface area contributed by atoms with Crippen molar-refractivity contribution in [2.45, 2.75) is 26.4 Å². The van der Waals surface area contributed by atoms with Crippen molar-refractivity contribution < 1.29 is 14.3 Å². The van der Waals surface area contributed by atoms with E-state index in [-0.39, 0.29) is 36.4 Å². The van der Waals surface area contributed by atoms with Gasteiger partial charge in [-0.05, 0) is 49.0 Å².